The Labute approximate surface area is 557 Å². The van der Waals surface area contributed by atoms with Gasteiger partial charge in [-0.2, -0.15) is 0 Å². The van der Waals surface area contributed by atoms with E-state index >= 15 is 0 Å². The number of hydrogen-bond donors (Lipinski definition) is 6. The number of aliphatic hydroxyl groups excluding tert-OH is 2. The Morgan fingerprint density at radius 1 is 0.862 bits per heavy atom. The van der Waals surface area contributed by atoms with Gasteiger partial charge in [-0.1, -0.05) is 95.1 Å². The topological polar surface area (TPSA) is 251 Å². The van der Waals surface area contributed by atoms with Gasteiger partial charge >= 0.3 is 11.8 Å². The van der Waals surface area contributed by atoms with E-state index in [9.17, 15) is 34.8 Å². The number of halogens is 2. The van der Waals surface area contributed by atoms with Crippen LogP contribution in [0.25, 0.3) is 38.9 Å². The highest BCUT2D eigenvalue weighted by molar-refractivity contribution is 6.31. The van der Waals surface area contributed by atoms with Crippen LogP contribution in [-0.2, 0) is 23.8 Å². The summed E-state index contributed by atoms with van der Waals surface area (Å²) in [6.07, 6.45) is 5.07. The third-order valence-corrected chi connectivity index (χ3v) is 18.7. The molecule has 6 aliphatic rings. The molecule has 0 unspecified atom stereocenters. The Hall–Kier alpha value is -8.17. The molecule has 0 radical (unpaired) electrons. The summed E-state index contributed by atoms with van der Waals surface area (Å²) in [6.45, 7) is 23.7. The first-order valence-electron chi connectivity index (χ1n) is 32.0. The number of Topliss-reactive ketones (excluding diaryl/α,β-unsaturated/α-hetero) is 1. The van der Waals surface area contributed by atoms with Gasteiger partial charge in [0.1, 0.15) is 34.0 Å². The molecular weight excluding hydrogens is 1240 g/mol. The van der Waals surface area contributed by atoms with Crippen molar-refractivity contribution in [1.29, 1.82) is 0 Å². The number of likely N-dealkylation sites (tertiary alicyclic amines) is 1. The number of esters is 1. The van der Waals surface area contributed by atoms with Crippen LogP contribution in [0.5, 0.6) is 17.2 Å². The van der Waals surface area contributed by atoms with Crippen LogP contribution in [0.15, 0.2) is 136 Å². The number of amides is 1. The summed E-state index contributed by atoms with van der Waals surface area (Å²) in [5, 5.41) is 56.3. The number of aliphatic hydroxyl groups is 2. The van der Waals surface area contributed by atoms with Crippen LogP contribution in [-0.4, -0.2) is 121 Å². The molecule has 1 saturated heterocycles. The number of nitrogens with one attached hydrogen (secondary N) is 2. The predicted molar refractivity (Wildman–Crippen MR) is 366 cm³/mol. The van der Waals surface area contributed by atoms with Gasteiger partial charge in [-0.05, 0) is 112 Å². The number of ether oxygens (including phenoxy) is 4. The number of ketones is 1. The quantitative estimate of drug-likeness (QED) is 0.0470. The summed E-state index contributed by atoms with van der Waals surface area (Å²) >= 11 is 12.2. The number of fused-ring (bicyclic) bond motifs is 3. The number of anilines is 3. The Balaban J connectivity index is 0.000000244. The minimum atomic E-state index is -1.95. The van der Waals surface area contributed by atoms with E-state index in [2.05, 4.69) is 71.0 Å². The van der Waals surface area contributed by atoms with Crippen LogP contribution in [0.3, 0.4) is 0 Å². The molecule has 5 heterocycles. The molecule has 496 valence electrons. The Kier molecular flexibility index (Phi) is 20.5. The van der Waals surface area contributed by atoms with Crippen molar-refractivity contribution >= 4 is 79.7 Å². The molecule has 0 aromatic heterocycles. The number of aromatic hydroxyl groups is 2. The zero-order valence-corrected chi connectivity index (χ0v) is 56.9. The third kappa shape index (κ3) is 14.0. The number of methoxy groups -OCH3 is 1. The molecule has 6 N–H and O–H groups in total. The van der Waals surface area contributed by atoms with E-state index in [1.807, 2.05) is 66.7 Å². The van der Waals surface area contributed by atoms with Crippen LogP contribution < -0.4 is 31.4 Å². The van der Waals surface area contributed by atoms with Crippen molar-refractivity contribution < 1.29 is 53.8 Å². The second-order valence-corrected chi connectivity index (χ2v) is 27.0. The van der Waals surface area contributed by atoms with E-state index in [0.717, 1.165) is 64.5 Å². The van der Waals surface area contributed by atoms with E-state index in [4.69, 9.17) is 57.1 Å². The fourth-order valence-electron chi connectivity index (χ4n) is 13.1. The Bertz CT molecular complexity index is 4310. The second-order valence-electron chi connectivity index (χ2n) is 26.1. The van der Waals surface area contributed by atoms with Crippen molar-refractivity contribution in [2.24, 2.45) is 44.6 Å². The van der Waals surface area contributed by atoms with Crippen LogP contribution >= 0.6 is 23.2 Å². The molecule has 5 aromatic rings. The first-order valence-corrected chi connectivity index (χ1v) is 32.7. The van der Waals surface area contributed by atoms with Crippen molar-refractivity contribution in [1.82, 2.24) is 14.5 Å². The number of phenolic OH excluding ortho intramolecular Hbond substituents is 2. The number of allylic oxidation sites excluding steroid dienone is 2. The SMILES string of the molecule is CC(C)N=c1cc2n(-c3ccc(Cl)cc3)c3ccccc3nc-2cc1Nc1ccc(Cl)cc1.CO[C@H]1/C=C/O[C@@]2(C)Oc3c(C)c(O)c4c(O)c(c5c(c4c3C2=O)NC2(CCN(CC(C)C)CC2)N=5)=NC(=O)/C(C)=C\C=C\[C@H](C)[C@H](O)[C@@H](C)[C@@H](O)[C@@H](C)[C@H](OC(C)=O)[C@@H]1C. The number of hydrogen-bond acceptors (Lipinski definition) is 17. The van der Waals surface area contributed by atoms with Crippen LogP contribution in [0.1, 0.15) is 105 Å². The van der Waals surface area contributed by atoms with Gasteiger partial charge in [0.25, 0.3) is 11.7 Å². The fourth-order valence-corrected chi connectivity index (χ4v) is 13.4. The van der Waals surface area contributed by atoms with E-state index in [1.165, 1.54) is 27.2 Å². The van der Waals surface area contributed by atoms with Crippen molar-refractivity contribution in [3.63, 3.8) is 0 Å². The summed E-state index contributed by atoms with van der Waals surface area (Å²) in [4.78, 5) is 62.8. The van der Waals surface area contributed by atoms with Crippen molar-refractivity contribution in [2.45, 2.75) is 138 Å². The van der Waals surface area contributed by atoms with Gasteiger partial charge in [0.2, 0.25) is 0 Å². The first-order chi connectivity index (χ1) is 44.6. The number of piperidine rings is 1. The van der Waals surface area contributed by atoms with Crippen LogP contribution in [0, 0.1) is 36.5 Å². The highest BCUT2D eigenvalue weighted by Gasteiger charge is 2.51. The molecule has 1 fully saturated rings. The number of para-hydroxylation sites is 2. The zero-order chi connectivity index (χ0) is 67.8. The van der Waals surface area contributed by atoms with Gasteiger partial charge in [0.15, 0.2) is 5.75 Å². The number of nitrogens with zero attached hydrogens (tertiary/aromatic N) is 6. The lowest BCUT2D eigenvalue weighted by Gasteiger charge is -2.38. The van der Waals surface area contributed by atoms with Crippen molar-refractivity contribution in [3.05, 3.63) is 158 Å². The van der Waals surface area contributed by atoms with Crippen molar-refractivity contribution in [2.75, 3.05) is 37.4 Å². The van der Waals surface area contributed by atoms with Gasteiger partial charge in [0, 0.05) is 121 Å². The normalized spacial score (nSPS) is 25.4. The molecule has 11 rings (SSSR count). The number of carbonyl (C=O) groups excluding carboxylic acids is 3. The number of carbonyl (C=O) groups is 3. The van der Waals surface area contributed by atoms with Crippen molar-refractivity contribution in [3.8, 4) is 34.3 Å². The largest absolute Gasteiger partial charge is 0.507 e. The number of aromatic nitrogens is 2. The van der Waals surface area contributed by atoms with Gasteiger partial charge in [-0.25, -0.2) is 9.98 Å². The number of rotatable bonds is 8. The first kappa shape index (κ1) is 68.7. The summed E-state index contributed by atoms with van der Waals surface area (Å²) < 4.78 is 26.2. The monoisotopic (exact) mass is 1320 g/mol. The minimum absolute atomic E-state index is 0.0538. The highest BCUT2D eigenvalue weighted by atomic mass is 35.5. The molecule has 1 amide bonds. The molecular formula is C73H84Cl2N8O11. The molecule has 1 aliphatic carbocycles. The Morgan fingerprint density at radius 3 is 2.18 bits per heavy atom. The highest BCUT2D eigenvalue weighted by Crippen LogP contribution is 2.51. The maximum atomic E-state index is 14.7. The zero-order valence-electron chi connectivity index (χ0n) is 55.4. The predicted octanol–water partition coefficient (Wildman–Crippen LogP) is 12.2. The molecule has 4 bridgehead atoms. The summed E-state index contributed by atoms with van der Waals surface area (Å²) in [7, 11) is 1.47. The number of phenols is 2. The van der Waals surface area contributed by atoms with E-state index in [-0.39, 0.29) is 55.7 Å². The van der Waals surface area contributed by atoms with Crippen LogP contribution in [0.4, 0.5) is 17.1 Å². The van der Waals surface area contributed by atoms with Gasteiger partial charge in [0.05, 0.1) is 74.7 Å². The average Bonchev–Trinajstić information content (AvgIpc) is 1.51. The molecule has 5 aliphatic heterocycles. The fraction of sp³-hybridized carbons (Fsp3) is 0.411. The minimum Gasteiger partial charge on any atom is -0.507 e. The van der Waals surface area contributed by atoms with E-state index < -0.39 is 82.9 Å². The van der Waals surface area contributed by atoms with Gasteiger partial charge in [-0.3, -0.25) is 24.4 Å². The standard InChI is InChI=1S/C46H62N4O11.C27H22Cl2N4/c1-22(2)21-50-18-16-46(17-19-50)48-34-31-32-39(54)28(8)42-33(31)43(56)45(10,61-42)59-20-15-30(58-11)25(5)41(60-29(9)51)27(7)38(53)26(6)37(52)23(3)13-12-14-24(4)44(57)47-36(40(32)55)35(34)49-46;1-17(2)30-24-16-27-25(15-23(24)31-20-11-7-18(28)8-12-20)32-22-5-3-4-6-26(22)33(27)21-13-9-19(29)10-14-21/h12-15,20,22-23,25-27,30,37-38,41,48,52-55H,16-19,21H2,1-11H3;3-17,31H,1-2H3/b13-12+,20-15+,24-14-,47-36?;/t23-,25+,26+,27+,30-,37-,38+,41+,45-;/m0./s1. The number of benzene rings is 6. The maximum absolute atomic E-state index is 14.7. The van der Waals surface area contributed by atoms with Gasteiger partial charge in [-0.15, -0.1) is 0 Å². The molecule has 21 heteroatoms. The maximum Gasteiger partial charge on any atom is 0.312 e. The lowest BCUT2D eigenvalue weighted by molar-refractivity contribution is -0.160. The molecule has 9 atom stereocenters. The Morgan fingerprint density at radius 2 is 1.53 bits per heavy atom. The molecule has 0 saturated carbocycles. The smallest absolute Gasteiger partial charge is 0.312 e. The van der Waals surface area contributed by atoms with Crippen LogP contribution in [0.2, 0.25) is 10.0 Å². The molecule has 94 heavy (non-hydrogen) atoms. The van der Waals surface area contributed by atoms with E-state index in [1.54, 1.807) is 65.8 Å². The summed E-state index contributed by atoms with van der Waals surface area (Å²) in [5.74, 6) is -6.57. The summed E-state index contributed by atoms with van der Waals surface area (Å²) in [5.41, 5.74) is 6.48. The molecule has 5 aromatic carbocycles. The van der Waals surface area contributed by atoms with E-state index in [0.29, 0.717) is 34.5 Å². The molecule has 1 spiro atoms. The van der Waals surface area contributed by atoms with Gasteiger partial charge < -0.3 is 59.5 Å². The average molecular weight is 1320 g/mol. The third-order valence-electron chi connectivity index (χ3n) is 18.2. The lowest BCUT2D eigenvalue weighted by Crippen LogP contribution is -2.47. The lowest BCUT2D eigenvalue weighted by atomic mass is 9.78. The molecule has 19 nitrogen and oxygen atoms in total. The second kappa shape index (κ2) is 28.0. The summed E-state index contributed by atoms with van der Waals surface area (Å²) in [6, 6.07) is 27.9.